The third kappa shape index (κ3) is 2.68. The van der Waals surface area contributed by atoms with Crippen LogP contribution in [0.2, 0.25) is 5.02 Å². The van der Waals surface area contributed by atoms with Crippen molar-refractivity contribution in [2.24, 2.45) is 0 Å². The van der Waals surface area contributed by atoms with Crippen LogP contribution in [0.1, 0.15) is 11.3 Å². The fraction of sp³-hybridized carbons (Fsp3) is 0.182. The van der Waals surface area contributed by atoms with Gasteiger partial charge in [-0.1, -0.05) is 29.8 Å². The Balaban J connectivity index is 0.00000128. The minimum absolute atomic E-state index is 0. The number of hydrogen-bond acceptors (Lipinski definition) is 2. The number of nitrogens with zero attached hydrogens (tertiary/aromatic N) is 2. The molecule has 2 aromatic rings. The molecule has 0 bridgehead atoms. The smallest absolute Gasteiger partial charge is 0.122 e. The highest BCUT2D eigenvalue weighted by Gasteiger charge is 2.04. The summed E-state index contributed by atoms with van der Waals surface area (Å²) in [5, 5.41) is 5.02. The van der Waals surface area contributed by atoms with E-state index >= 15 is 0 Å². The summed E-state index contributed by atoms with van der Waals surface area (Å²) in [4.78, 5) is 0. The van der Waals surface area contributed by atoms with E-state index in [2.05, 4.69) is 5.10 Å². The van der Waals surface area contributed by atoms with Crippen LogP contribution in [0.25, 0.3) is 0 Å². The first-order chi connectivity index (χ1) is 7.16. The summed E-state index contributed by atoms with van der Waals surface area (Å²) >= 11 is 6.05. The lowest BCUT2D eigenvalue weighted by atomic mass is 10.2. The van der Waals surface area contributed by atoms with E-state index in [9.17, 15) is 0 Å². The van der Waals surface area contributed by atoms with Gasteiger partial charge in [-0.05, 0) is 18.6 Å². The standard InChI is InChI=1S/C11H12ClN3.ClH/c1-8-6-11(13)15(14-8)7-9-4-2-3-5-10(9)12;/h2-6H,7,13H2,1H3;1H. The Morgan fingerprint density at radius 2 is 2.06 bits per heavy atom. The molecule has 16 heavy (non-hydrogen) atoms. The van der Waals surface area contributed by atoms with E-state index in [0.29, 0.717) is 12.4 Å². The summed E-state index contributed by atoms with van der Waals surface area (Å²) in [7, 11) is 0. The van der Waals surface area contributed by atoms with Crippen LogP contribution < -0.4 is 5.73 Å². The van der Waals surface area contributed by atoms with Crippen molar-refractivity contribution in [1.29, 1.82) is 0 Å². The lowest BCUT2D eigenvalue weighted by Gasteiger charge is -2.05. The fourth-order valence-electron chi connectivity index (χ4n) is 1.48. The third-order valence-corrected chi connectivity index (χ3v) is 2.58. The highest BCUT2D eigenvalue weighted by atomic mass is 35.5. The Morgan fingerprint density at radius 1 is 1.38 bits per heavy atom. The first-order valence-corrected chi connectivity index (χ1v) is 5.08. The molecule has 0 saturated carbocycles. The first kappa shape index (κ1) is 12.9. The van der Waals surface area contributed by atoms with Gasteiger partial charge in [0.1, 0.15) is 5.82 Å². The molecule has 2 N–H and O–H groups in total. The Bertz CT molecular complexity index is 480. The molecule has 86 valence electrons. The Kier molecular flexibility index (Phi) is 4.21. The van der Waals surface area contributed by atoms with Crippen molar-refractivity contribution in [2.75, 3.05) is 5.73 Å². The molecule has 0 aliphatic heterocycles. The normalized spacial score (nSPS) is 9.88. The van der Waals surface area contributed by atoms with Crippen LogP contribution in [-0.2, 0) is 6.54 Å². The third-order valence-electron chi connectivity index (χ3n) is 2.21. The number of anilines is 1. The van der Waals surface area contributed by atoms with E-state index < -0.39 is 0 Å². The van der Waals surface area contributed by atoms with Crippen LogP contribution in [0.5, 0.6) is 0 Å². The first-order valence-electron chi connectivity index (χ1n) is 4.70. The predicted octanol–water partition coefficient (Wildman–Crippen LogP) is 2.90. The van der Waals surface area contributed by atoms with Crippen molar-refractivity contribution in [3.63, 3.8) is 0 Å². The van der Waals surface area contributed by atoms with Crippen LogP contribution in [0, 0.1) is 6.92 Å². The van der Waals surface area contributed by atoms with Crippen molar-refractivity contribution in [1.82, 2.24) is 9.78 Å². The molecule has 0 atom stereocenters. The van der Waals surface area contributed by atoms with E-state index in [0.717, 1.165) is 16.3 Å². The number of rotatable bonds is 2. The molecule has 0 fully saturated rings. The average Bonchev–Trinajstić information content (AvgIpc) is 2.49. The highest BCUT2D eigenvalue weighted by molar-refractivity contribution is 6.31. The van der Waals surface area contributed by atoms with Crippen LogP contribution >= 0.6 is 24.0 Å². The van der Waals surface area contributed by atoms with Gasteiger partial charge in [0.25, 0.3) is 0 Å². The zero-order valence-electron chi connectivity index (χ0n) is 8.85. The highest BCUT2D eigenvalue weighted by Crippen LogP contribution is 2.17. The number of aryl methyl sites for hydroxylation is 1. The van der Waals surface area contributed by atoms with E-state index in [-0.39, 0.29) is 12.4 Å². The lowest BCUT2D eigenvalue weighted by Crippen LogP contribution is -2.06. The monoisotopic (exact) mass is 257 g/mol. The van der Waals surface area contributed by atoms with Gasteiger partial charge in [-0.2, -0.15) is 5.10 Å². The summed E-state index contributed by atoms with van der Waals surface area (Å²) in [6.45, 7) is 2.53. The average molecular weight is 258 g/mol. The quantitative estimate of drug-likeness (QED) is 0.900. The van der Waals surface area contributed by atoms with Crippen molar-refractivity contribution in [3.05, 3.63) is 46.6 Å². The van der Waals surface area contributed by atoms with E-state index in [1.54, 1.807) is 4.68 Å². The topological polar surface area (TPSA) is 43.8 Å². The van der Waals surface area contributed by atoms with Gasteiger partial charge in [-0.3, -0.25) is 0 Å². The second-order valence-electron chi connectivity index (χ2n) is 3.46. The zero-order valence-corrected chi connectivity index (χ0v) is 10.4. The van der Waals surface area contributed by atoms with Crippen LogP contribution in [0.4, 0.5) is 5.82 Å². The van der Waals surface area contributed by atoms with Crippen molar-refractivity contribution in [3.8, 4) is 0 Å². The molecule has 0 amide bonds. The maximum Gasteiger partial charge on any atom is 0.122 e. The molecule has 0 radical (unpaired) electrons. The van der Waals surface area contributed by atoms with Gasteiger partial charge < -0.3 is 5.73 Å². The van der Waals surface area contributed by atoms with E-state index in [1.807, 2.05) is 37.3 Å². The molecular formula is C11H13Cl2N3. The number of aromatic nitrogens is 2. The summed E-state index contributed by atoms with van der Waals surface area (Å²) < 4.78 is 1.75. The van der Waals surface area contributed by atoms with Crippen LogP contribution in [-0.4, -0.2) is 9.78 Å². The van der Waals surface area contributed by atoms with Gasteiger partial charge in [0.2, 0.25) is 0 Å². The van der Waals surface area contributed by atoms with Crippen LogP contribution in [0.3, 0.4) is 0 Å². The molecule has 0 saturated heterocycles. The largest absolute Gasteiger partial charge is 0.384 e. The number of hydrogen-bond donors (Lipinski definition) is 1. The number of benzene rings is 1. The van der Waals surface area contributed by atoms with Gasteiger partial charge >= 0.3 is 0 Å². The second-order valence-corrected chi connectivity index (χ2v) is 3.87. The zero-order chi connectivity index (χ0) is 10.8. The minimum Gasteiger partial charge on any atom is -0.384 e. The Morgan fingerprint density at radius 3 is 2.62 bits per heavy atom. The van der Waals surface area contributed by atoms with Gasteiger partial charge in [0.05, 0.1) is 12.2 Å². The second kappa shape index (κ2) is 5.23. The molecular weight excluding hydrogens is 245 g/mol. The maximum atomic E-state index is 6.05. The van der Waals surface area contributed by atoms with Gasteiger partial charge in [0.15, 0.2) is 0 Å². The summed E-state index contributed by atoms with van der Waals surface area (Å²) in [6, 6.07) is 9.54. The molecule has 0 aliphatic rings. The minimum atomic E-state index is 0. The predicted molar refractivity (Wildman–Crippen MR) is 69.2 cm³/mol. The molecule has 3 nitrogen and oxygen atoms in total. The van der Waals surface area contributed by atoms with Crippen LogP contribution in [0.15, 0.2) is 30.3 Å². The molecule has 0 unspecified atom stereocenters. The summed E-state index contributed by atoms with van der Waals surface area (Å²) in [5.41, 5.74) is 7.74. The van der Waals surface area contributed by atoms with E-state index in [1.165, 1.54) is 0 Å². The number of nitrogen functional groups attached to an aromatic ring is 1. The van der Waals surface area contributed by atoms with Crippen molar-refractivity contribution >= 4 is 29.8 Å². The molecule has 0 spiro atoms. The molecule has 1 heterocycles. The Hall–Kier alpha value is -1.19. The SMILES string of the molecule is Cc1cc(N)n(Cc2ccccc2Cl)n1.Cl. The van der Waals surface area contributed by atoms with Crippen molar-refractivity contribution in [2.45, 2.75) is 13.5 Å². The summed E-state index contributed by atoms with van der Waals surface area (Å²) in [5.74, 6) is 0.660. The van der Waals surface area contributed by atoms with Gasteiger partial charge in [-0.25, -0.2) is 4.68 Å². The molecule has 0 aliphatic carbocycles. The number of nitrogens with two attached hydrogens (primary N) is 1. The Labute approximate surface area is 106 Å². The van der Waals surface area contributed by atoms with Gasteiger partial charge in [-0.15, -0.1) is 12.4 Å². The number of halogens is 2. The fourth-order valence-corrected chi connectivity index (χ4v) is 1.68. The van der Waals surface area contributed by atoms with Crippen molar-refractivity contribution < 1.29 is 0 Å². The molecule has 5 heteroatoms. The maximum absolute atomic E-state index is 6.05. The molecule has 2 rings (SSSR count). The molecule has 1 aromatic carbocycles. The van der Waals surface area contributed by atoms with E-state index in [4.69, 9.17) is 17.3 Å². The summed E-state index contributed by atoms with van der Waals surface area (Å²) in [6.07, 6.45) is 0. The van der Waals surface area contributed by atoms with Gasteiger partial charge in [0, 0.05) is 11.1 Å². The molecule has 1 aromatic heterocycles. The lowest BCUT2D eigenvalue weighted by molar-refractivity contribution is 0.689.